The molecule has 2 rings (SSSR count). The number of hydrogen-bond donors (Lipinski definition) is 1. The van der Waals surface area contributed by atoms with Gasteiger partial charge in [0.1, 0.15) is 5.75 Å². The van der Waals surface area contributed by atoms with Gasteiger partial charge in [-0.05, 0) is 42.8 Å². The number of rotatable bonds is 3. The Morgan fingerprint density at radius 3 is 2.50 bits per heavy atom. The zero-order valence-corrected chi connectivity index (χ0v) is 11.8. The summed E-state index contributed by atoms with van der Waals surface area (Å²) in [6.07, 6.45) is 0. The molecule has 0 fully saturated rings. The maximum Gasteiger partial charge on any atom is 0.142 e. The van der Waals surface area contributed by atoms with Gasteiger partial charge in [-0.15, -0.1) is 0 Å². The maximum atomic E-state index is 8.89. The Morgan fingerprint density at radius 2 is 1.90 bits per heavy atom. The quantitative estimate of drug-likeness (QED) is 0.867. The summed E-state index contributed by atoms with van der Waals surface area (Å²) in [4.78, 5) is 1.96. The number of ether oxygens (including phenoxy) is 1. The summed E-state index contributed by atoms with van der Waals surface area (Å²) in [5, 5.41) is 8.89. The van der Waals surface area contributed by atoms with Crippen LogP contribution in [-0.4, -0.2) is 14.2 Å². The average Bonchev–Trinajstić information content (AvgIpc) is 2.46. The average molecular weight is 267 g/mol. The minimum Gasteiger partial charge on any atom is -0.495 e. The number of methoxy groups -OCH3 is 1. The molecule has 4 heteroatoms. The van der Waals surface area contributed by atoms with E-state index in [2.05, 4.69) is 6.07 Å². The molecule has 0 unspecified atom stereocenters. The lowest BCUT2D eigenvalue weighted by Gasteiger charge is -2.23. The minimum absolute atomic E-state index is 0.552. The molecule has 0 aromatic heterocycles. The molecule has 0 bridgehead atoms. The summed E-state index contributed by atoms with van der Waals surface area (Å²) >= 11 is 0. The maximum absolute atomic E-state index is 8.89. The fraction of sp³-hybridized carbons (Fsp3) is 0.188. The van der Waals surface area contributed by atoms with Crippen LogP contribution in [0.4, 0.5) is 17.1 Å². The van der Waals surface area contributed by atoms with E-state index in [9.17, 15) is 0 Å². The van der Waals surface area contributed by atoms with Gasteiger partial charge >= 0.3 is 0 Å². The number of nitrogens with two attached hydrogens (primary N) is 1. The highest BCUT2D eigenvalue weighted by Crippen LogP contribution is 2.36. The molecular weight excluding hydrogens is 250 g/mol. The number of nitriles is 1. The van der Waals surface area contributed by atoms with E-state index in [1.54, 1.807) is 19.2 Å². The summed E-state index contributed by atoms with van der Waals surface area (Å²) in [6.45, 7) is 2.03. The molecule has 0 radical (unpaired) electrons. The van der Waals surface area contributed by atoms with E-state index in [-0.39, 0.29) is 0 Å². The van der Waals surface area contributed by atoms with Gasteiger partial charge in [0.2, 0.25) is 0 Å². The molecule has 0 spiro atoms. The molecule has 102 valence electrons. The van der Waals surface area contributed by atoms with Crippen molar-refractivity contribution in [1.82, 2.24) is 0 Å². The van der Waals surface area contributed by atoms with Crippen LogP contribution >= 0.6 is 0 Å². The van der Waals surface area contributed by atoms with E-state index in [1.165, 1.54) is 0 Å². The SMILES string of the molecule is COc1ccc(C)cc1N(C)c1ccc(C#N)cc1N. The van der Waals surface area contributed by atoms with Crippen molar-refractivity contribution < 1.29 is 4.74 Å². The Balaban J connectivity index is 2.49. The third kappa shape index (κ3) is 2.52. The first-order valence-electron chi connectivity index (χ1n) is 6.25. The van der Waals surface area contributed by atoms with Gasteiger partial charge < -0.3 is 15.4 Å². The number of anilines is 3. The van der Waals surface area contributed by atoms with Gasteiger partial charge in [-0.25, -0.2) is 0 Å². The monoisotopic (exact) mass is 267 g/mol. The second-order valence-corrected chi connectivity index (χ2v) is 4.62. The fourth-order valence-corrected chi connectivity index (χ4v) is 2.12. The molecule has 0 aliphatic rings. The van der Waals surface area contributed by atoms with Gasteiger partial charge in [-0.2, -0.15) is 5.26 Å². The first-order valence-corrected chi connectivity index (χ1v) is 6.25. The van der Waals surface area contributed by atoms with E-state index in [4.69, 9.17) is 15.7 Å². The Kier molecular flexibility index (Phi) is 3.81. The molecule has 2 aromatic carbocycles. The van der Waals surface area contributed by atoms with Crippen molar-refractivity contribution in [3.05, 3.63) is 47.5 Å². The molecular formula is C16H17N3O. The van der Waals surface area contributed by atoms with Crippen LogP contribution in [0.2, 0.25) is 0 Å². The van der Waals surface area contributed by atoms with Crippen molar-refractivity contribution >= 4 is 17.1 Å². The molecule has 0 aliphatic heterocycles. The molecule has 4 nitrogen and oxygen atoms in total. The van der Waals surface area contributed by atoms with Crippen LogP contribution in [0.3, 0.4) is 0 Å². The van der Waals surface area contributed by atoms with E-state index in [1.807, 2.05) is 43.1 Å². The highest BCUT2D eigenvalue weighted by atomic mass is 16.5. The lowest BCUT2D eigenvalue weighted by atomic mass is 10.1. The number of nitrogen functional groups attached to an aromatic ring is 1. The van der Waals surface area contributed by atoms with Crippen LogP contribution < -0.4 is 15.4 Å². The van der Waals surface area contributed by atoms with Crippen molar-refractivity contribution in [2.24, 2.45) is 0 Å². The molecule has 2 N–H and O–H groups in total. The summed E-state index contributed by atoms with van der Waals surface area (Å²) in [7, 11) is 3.57. The summed E-state index contributed by atoms with van der Waals surface area (Å²) in [5.74, 6) is 0.779. The highest BCUT2D eigenvalue weighted by Gasteiger charge is 2.13. The van der Waals surface area contributed by atoms with E-state index in [0.29, 0.717) is 11.3 Å². The van der Waals surface area contributed by atoms with Gasteiger partial charge in [0, 0.05) is 7.05 Å². The van der Waals surface area contributed by atoms with Crippen LogP contribution in [0.25, 0.3) is 0 Å². The second kappa shape index (κ2) is 5.54. The van der Waals surface area contributed by atoms with Crippen LogP contribution in [-0.2, 0) is 0 Å². The van der Waals surface area contributed by atoms with Crippen molar-refractivity contribution in [3.8, 4) is 11.8 Å². The smallest absolute Gasteiger partial charge is 0.142 e. The van der Waals surface area contributed by atoms with E-state index < -0.39 is 0 Å². The van der Waals surface area contributed by atoms with E-state index in [0.717, 1.165) is 22.7 Å². The molecule has 0 saturated heterocycles. The molecule has 0 saturated carbocycles. The lowest BCUT2D eigenvalue weighted by Crippen LogP contribution is -2.13. The molecule has 0 atom stereocenters. The normalized spacial score (nSPS) is 9.90. The largest absolute Gasteiger partial charge is 0.495 e. The van der Waals surface area contributed by atoms with Crippen molar-refractivity contribution in [2.75, 3.05) is 24.8 Å². The number of nitrogens with zero attached hydrogens (tertiary/aromatic N) is 2. The van der Waals surface area contributed by atoms with Gasteiger partial charge in [0.25, 0.3) is 0 Å². The third-order valence-electron chi connectivity index (χ3n) is 3.21. The summed E-state index contributed by atoms with van der Waals surface area (Å²) in [5.41, 5.74) is 10.1. The van der Waals surface area contributed by atoms with Crippen molar-refractivity contribution in [1.29, 1.82) is 5.26 Å². The zero-order chi connectivity index (χ0) is 14.7. The molecule has 2 aromatic rings. The Morgan fingerprint density at radius 1 is 1.15 bits per heavy atom. The first kappa shape index (κ1) is 13.8. The predicted molar refractivity (Wildman–Crippen MR) is 81.4 cm³/mol. The first-order chi connectivity index (χ1) is 9.56. The fourth-order valence-electron chi connectivity index (χ4n) is 2.12. The molecule has 0 heterocycles. The standard InChI is InChI=1S/C16H17N3O/c1-11-4-7-16(20-3)15(8-11)19(2)14-6-5-12(10-17)9-13(14)18/h4-9H,18H2,1-3H3. The van der Waals surface area contributed by atoms with Crippen molar-refractivity contribution in [2.45, 2.75) is 6.92 Å². The van der Waals surface area contributed by atoms with Gasteiger partial charge in [-0.3, -0.25) is 0 Å². The van der Waals surface area contributed by atoms with E-state index >= 15 is 0 Å². The number of aryl methyl sites for hydroxylation is 1. The second-order valence-electron chi connectivity index (χ2n) is 4.62. The van der Waals surface area contributed by atoms with Crippen molar-refractivity contribution in [3.63, 3.8) is 0 Å². The summed E-state index contributed by atoms with van der Waals surface area (Å²) < 4.78 is 5.39. The van der Waals surface area contributed by atoms with Crippen LogP contribution in [0, 0.1) is 18.3 Å². The highest BCUT2D eigenvalue weighted by molar-refractivity contribution is 5.78. The van der Waals surface area contributed by atoms with Crippen LogP contribution in [0.1, 0.15) is 11.1 Å². The Bertz CT molecular complexity index is 674. The number of benzene rings is 2. The van der Waals surface area contributed by atoms with Gasteiger partial charge in [0.15, 0.2) is 0 Å². The Hall–Kier alpha value is -2.67. The molecule has 0 amide bonds. The predicted octanol–water partition coefficient (Wildman–Crippen LogP) is 3.23. The molecule has 0 aliphatic carbocycles. The lowest BCUT2D eigenvalue weighted by molar-refractivity contribution is 0.415. The molecule has 20 heavy (non-hydrogen) atoms. The Labute approximate surface area is 119 Å². The van der Waals surface area contributed by atoms with Crippen LogP contribution in [0.5, 0.6) is 5.75 Å². The van der Waals surface area contributed by atoms with Crippen LogP contribution in [0.15, 0.2) is 36.4 Å². The number of hydrogen-bond acceptors (Lipinski definition) is 4. The third-order valence-corrected chi connectivity index (χ3v) is 3.21. The topological polar surface area (TPSA) is 62.3 Å². The zero-order valence-electron chi connectivity index (χ0n) is 11.8. The van der Waals surface area contributed by atoms with Gasteiger partial charge in [-0.1, -0.05) is 6.07 Å². The minimum atomic E-state index is 0.552. The van der Waals surface area contributed by atoms with Gasteiger partial charge in [0.05, 0.1) is 35.8 Å². The summed E-state index contributed by atoms with van der Waals surface area (Å²) in [6, 6.07) is 13.3.